The van der Waals surface area contributed by atoms with Crippen molar-refractivity contribution in [3.8, 4) is 0 Å². The lowest BCUT2D eigenvalue weighted by atomic mass is 10.0. The molecule has 0 saturated carbocycles. The maximum Gasteiger partial charge on any atom is 0.257 e. The van der Waals surface area contributed by atoms with E-state index in [1.807, 2.05) is 6.07 Å². The van der Waals surface area contributed by atoms with Gasteiger partial charge in [0.05, 0.1) is 5.69 Å². The molecular weight excluding hydrogens is 347 g/mol. The maximum absolute atomic E-state index is 11.7. The molecule has 0 heterocycles. The number of alkyl halides is 2. The van der Waals surface area contributed by atoms with Crippen LogP contribution in [0.2, 0.25) is 5.02 Å². The topological polar surface area (TPSA) is 61.7 Å². The summed E-state index contributed by atoms with van der Waals surface area (Å²) in [7, 11) is 0. The molecule has 4 nitrogen and oxygen atoms in total. The van der Waals surface area contributed by atoms with Gasteiger partial charge < -0.3 is 10.5 Å². The molecule has 0 aliphatic carbocycles. The summed E-state index contributed by atoms with van der Waals surface area (Å²) in [5.74, 6) is -0.586. The van der Waals surface area contributed by atoms with Crippen molar-refractivity contribution in [3.63, 3.8) is 0 Å². The van der Waals surface area contributed by atoms with Gasteiger partial charge in [0, 0.05) is 16.1 Å². The van der Waals surface area contributed by atoms with Crippen LogP contribution in [0.5, 0.6) is 0 Å². The van der Waals surface area contributed by atoms with Crippen molar-refractivity contribution in [2.45, 2.75) is 4.84 Å². The molecule has 0 aliphatic heterocycles. The van der Waals surface area contributed by atoms with Crippen molar-refractivity contribution in [2.24, 2.45) is 5.16 Å². The Bertz CT molecular complexity index is 703. The van der Waals surface area contributed by atoms with E-state index in [0.29, 0.717) is 21.8 Å². The van der Waals surface area contributed by atoms with Crippen LogP contribution in [0, 0.1) is 0 Å². The first-order valence-corrected chi connectivity index (χ1v) is 7.44. The molecule has 0 saturated heterocycles. The fourth-order valence-corrected chi connectivity index (χ4v) is 2.15. The van der Waals surface area contributed by atoms with Crippen LogP contribution < -0.4 is 5.32 Å². The van der Waals surface area contributed by atoms with E-state index in [1.54, 1.807) is 42.5 Å². The summed E-state index contributed by atoms with van der Waals surface area (Å²) in [6.07, 6.45) is 0. The molecule has 0 radical (unpaired) electrons. The Labute approximate surface area is 142 Å². The third kappa shape index (κ3) is 3.91. The van der Waals surface area contributed by atoms with Gasteiger partial charge in [-0.15, -0.1) is 0 Å². The van der Waals surface area contributed by atoms with Crippen LogP contribution in [0.4, 0.5) is 5.69 Å². The lowest BCUT2D eigenvalue weighted by molar-refractivity contribution is -0.114. The van der Waals surface area contributed by atoms with E-state index < -0.39 is 10.7 Å². The highest BCUT2D eigenvalue weighted by atomic mass is 35.5. The molecule has 0 bridgehead atoms. The first kappa shape index (κ1) is 16.6. The molecule has 0 fully saturated rings. The molecule has 0 aliphatic rings. The van der Waals surface area contributed by atoms with E-state index in [0.717, 1.165) is 0 Å². The summed E-state index contributed by atoms with van der Waals surface area (Å²) >= 11 is 17.1. The number of amides is 1. The quantitative estimate of drug-likeness (QED) is 0.371. The summed E-state index contributed by atoms with van der Waals surface area (Å²) in [4.78, 5) is 10.5. The van der Waals surface area contributed by atoms with E-state index >= 15 is 0 Å². The number of halogens is 3. The molecule has 22 heavy (non-hydrogen) atoms. The molecule has 0 aromatic heterocycles. The van der Waals surface area contributed by atoms with Crippen molar-refractivity contribution >= 4 is 52.1 Å². The standard InChI is InChI=1S/C15H11Cl3N2O2/c16-10-6-7-12(19-15(21)14(17)18)11(8-10)13(20-22)9-4-2-1-3-5-9/h1-8,14,22H,(H,19,21)/b20-13-. The van der Waals surface area contributed by atoms with Gasteiger partial charge in [0.2, 0.25) is 0 Å². The number of oxime groups is 1. The lowest BCUT2D eigenvalue weighted by Gasteiger charge is -2.13. The highest BCUT2D eigenvalue weighted by Crippen LogP contribution is 2.25. The van der Waals surface area contributed by atoms with Crippen molar-refractivity contribution in [2.75, 3.05) is 5.32 Å². The second-order valence-electron chi connectivity index (χ2n) is 4.29. The van der Waals surface area contributed by atoms with Gasteiger partial charge in [0.25, 0.3) is 5.91 Å². The van der Waals surface area contributed by atoms with Crippen LogP contribution in [-0.4, -0.2) is 21.7 Å². The minimum atomic E-state index is -1.21. The number of hydrogen-bond acceptors (Lipinski definition) is 3. The number of nitrogens with one attached hydrogen (secondary N) is 1. The molecule has 2 N–H and O–H groups in total. The lowest BCUT2D eigenvalue weighted by Crippen LogP contribution is -2.20. The highest BCUT2D eigenvalue weighted by Gasteiger charge is 2.17. The van der Waals surface area contributed by atoms with Crippen molar-refractivity contribution in [1.82, 2.24) is 0 Å². The van der Waals surface area contributed by atoms with E-state index in [4.69, 9.17) is 34.8 Å². The first-order valence-electron chi connectivity index (χ1n) is 6.19. The van der Waals surface area contributed by atoms with Crippen molar-refractivity contribution in [1.29, 1.82) is 0 Å². The maximum atomic E-state index is 11.7. The molecule has 0 spiro atoms. The first-order chi connectivity index (χ1) is 10.5. The number of benzene rings is 2. The second-order valence-corrected chi connectivity index (χ2v) is 5.83. The van der Waals surface area contributed by atoms with E-state index in [9.17, 15) is 10.0 Å². The Balaban J connectivity index is 2.49. The van der Waals surface area contributed by atoms with Crippen molar-refractivity contribution in [3.05, 3.63) is 64.7 Å². The van der Waals surface area contributed by atoms with Crippen LogP contribution in [0.1, 0.15) is 11.1 Å². The largest absolute Gasteiger partial charge is 0.410 e. The fraction of sp³-hybridized carbons (Fsp3) is 0.0667. The predicted octanol–water partition coefficient (Wildman–Crippen LogP) is 4.31. The van der Waals surface area contributed by atoms with Gasteiger partial charge in [0.1, 0.15) is 5.71 Å². The molecule has 0 atom stereocenters. The van der Waals surface area contributed by atoms with Gasteiger partial charge >= 0.3 is 0 Å². The highest BCUT2D eigenvalue weighted by molar-refractivity contribution is 6.54. The molecular formula is C15H11Cl3N2O2. The van der Waals surface area contributed by atoms with Gasteiger partial charge in [-0.3, -0.25) is 4.79 Å². The van der Waals surface area contributed by atoms with Gasteiger partial charge in [-0.2, -0.15) is 0 Å². The fourth-order valence-electron chi connectivity index (χ4n) is 1.87. The Hall–Kier alpha value is -1.75. The number of carbonyl (C=O) groups excluding carboxylic acids is 1. The Morgan fingerprint density at radius 1 is 1.14 bits per heavy atom. The summed E-state index contributed by atoms with van der Waals surface area (Å²) in [5.41, 5.74) is 1.76. The SMILES string of the molecule is O=C(Nc1ccc(Cl)cc1/C(=N\O)c1ccccc1)C(Cl)Cl. The van der Waals surface area contributed by atoms with Crippen LogP contribution in [0.3, 0.4) is 0 Å². The smallest absolute Gasteiger partial charge is 0.257 e. The second kappa shape index (κ2) is 7.49. The van der Waals surface area contributed by atoms with Crippen LogP contribution >= 0.6 is 34.8 Å². The summed E-state index contributed by atoms with van der Waals surface area (Å²) < 4.78 is 0. The Morgan fingerprint density at radius 2 is 1.82 bits per heavy atom. The van der Waals surface area contributed by atoms with Gasteiger partial charge in [-0.1, -0.05) is 70.3 Å². The summed E-state index contributed by atoms with van der Waals surface area (Å²) in [5, 5.41) is 15.7. The van der Waals surface area contributed by atoms with E-state index in [1.165, 1.54) is 0 Å². The number of nitrogens with zero attached hydrogens (tertiary/aromatic N) is 1. The molecule has 2 rings (SSSR count). The third-order valence-electron chi connectivity index (χ3n) is 2.84. The average Bonchev–Trinajstić information content (AvgIpc) is 2.51. The average molecular weight is 358 g/mol. The zero-order chi connectivity index (χ0) is 16.1. The van der Waals surface area contributed by atoms with Crippen LogP contribution in [-0.2, 0) is 4.79 Å². The zero-order valence-corrected chi connectivity index (χ0v) is 13.4. The number of anilines is 1. The summed E-state index contributed by atoms with van der Waals surface area (Å²) in [6.45, 7) is 0. The molecule has 1 amide bonds. The third-order valence-corrected chi connectivity index (χ3v) is 3.47. The van der Waals surface area contributed by atoms with Crippen LogP contribution in [0.25, 0.3) is 0 Å². The minimum absolute atomic E-state index is 0.263. The summed E-state index contributed by atoms with van der Waals surface area (Å²) in [6, 6.07) is 13.7. The van der Waals surface area contributed by atoms with E-state index in [2.05, 4.69) is 10.5 Å². The number of carbonyl (C=O) groups is 1. The minimum Gasteiger partial charge on any atom is -0.410 e. The number of hydrogen-bond donors (Lipinski definition) is 2. The molecule has 7 heteroatoms. The van der Waals surface area contributed by atoms with Crippen molar-refractivity contribution < 1.29 is 10.0 Å². The molecule has 0 unspecified atom stereocenters. The number of rotatable bonds is 4. The normalized spacial score (nSPS) is 11.5. The van der Waals surface area contributed by atoms with E-state index in [-0.39, 0.29) is 5.71 Å². The van der Waals surface area contributed by atoms with Gasteiger partial charge in [-0.25, -0.2) is 0 Å². The zero-order valence-electron chi connectivity index (χ0n) is 11.1. The van der Waals surface area contributed by atoms with Crippen LogP contribution in [0.15, 0.2) is 53.7 Å². The van der Waals surface area contributed by atoms with Gasteiger partial charge in [0.15, 0.2) is 4.84 Å². The van der Waals surface area contributed by atoms with Gasteiger partial charge in [-0.05, 0) is 18.2 Å². The Morgan fingerprint density at radius 3 is 2.41 bits per heavy atom. The monoisotopic (exact) mass is 356 g/mol. The molecule has 114 valence electrons. The molecule has 2 aromatic carbocycles. The predicted molar refractivity (Wildman–Crippen MR) is 89.4 cm³/mol. The Kier molecular flexibility index (Phi) is 5.66. The molecule has 2 aromatic rings.